The molecule has 0 spiro atoms. The lowest BCUT2D eigenvalue weighted by Crippen LogP contribution is -2.38. The number of carbonyl (C=O) groups excluding carboxylic acids is 1. The summed E-state index contributed by atoms with van der Waals surface area (Å²) >= 11 is 0. The van der Waals surface area contributed by atoms with Gasteiger partial charge in [-0.3, -0.25) is 0 Å². The van der Waals surface area contributed by atoms with Crippen LogP contribution in [0.15, 0.2) is 18.7 Å². The summed E-state index contributed by atoms with van der Waals surface area (Å²) in [5.41, 5.74) is 0. The number of hydrogen-bond donors (Lipinski definition) is 0. The molecular weight excluding hydrogens is 178 g/mol. The quantitative estimate of drug-likeness (QED) is 0.649. The molecule has 0 aliphatic heterocycles. The monoisotopic (exact) mass is 196 g/mol. The van der Waals surface area contributed by atoms with Crippen molar-refractivity contribution < 1.29 is 9.36 Å². The summed E-state index contributed by atoms with van der Waals surface area (Å²) in [6.45, 7) is 4.12. The average Bonchev–Trinajstić information content (AvgIpc) is 2.61. The first-order valence-corrected chi connectivity index (χ1v) is 4.86. The van der Waals surface area contributed by atoms with Gasteiger partial charge in [0.25, 0.3) is 6.33 Å². The molecule has 1 amide bonds. The second-order valence-electron chi connectivity index (χ2n) is 3.64. The van der Waals surface area contributed by atoms with Crippen molar-refractivity contribution in [3.8, 4) is 0 Å². The van der Waals surface area contributed by atoms with Crippen LogP contribution in [0.4, 0.5) is 4.79 Å². The maximum absolute atomic E-state index is 11.8. The van der Waals surface area contributed by atoms with Gasteiger partial charge >= 0.3 is 6.03 Å². The fourth-order valence-electron chi connectivity index (χ4n) is 1.21. The highest BCUT2D eigenvalue weighted by atomic mass is 16.2. The summed E-state index contributed by atoms with van der Waals surface area (Å²) in [7, 11) is 3.73. The molecule has 0 aliphatic carbocycles. The second kappa shape index (κ2) is 4.26. The molecule has 1 rings (SSSR count). The summed E-state index contributed by atoms with van der Waals surface area (Å²) in [6.07, 6.45) is 6.35. The maximum Gasteiger partial charge on any atom is 0.415 e. The van der Waals surface area contributed by atoms with Crippen LogP contribution in [-0.4, -0.2) is 28.6 Å². The van der Waals surface area contributed by atoms with Gasteiger partial charge in [0.05, 0.1) is 7.05 Å². The number of aryl methyl sites for hydroxylation is 1. The van der Waals surface area contributed by atoms with Gasteiger partial charge in [0, 0.05) is 13.1 Å². The molecule has 0 N–H and O–H groups in total. The molecule has 14 heavy (non-hydrogen) atoms. The first kappa shape index (κ1) is 10.8. The van der Waals surface area contributed by atoms with Gasteiger partial charge < -0.3 is 4.90 Å². The molecule has 4 nitrogen and oxygen atoms in total. The summed E-state index contributed by atoms with van der Waals surface area (Å²) in [5, 5.41) is 0. The van der Waals surface area contributed by atoms with E-state index in [4.69, 9.17) is 0 Å². The molecule has 0 saturated carbocycles. The zero-order chi connectivity index (χ0) is 10.7. The molecule has 1 atom stereocenters. The molecule has 78 valence electrons. The zero-order valence-electron chi connectivity index (χ0n) is 9.27. The highest BCUT2D eigenvalue weighted by Crippen LogP contribution is 2.02. The van der Waals surface area contributed by atoms with Crippen molar-refractivity contribution in [1.82, 2.24) is 9.47 Å². The van der Waals surface area contributed by atoms with Crippen molar-refractivity contribution in [2.75, 3.05) is 7.05 Å². The first-order chi connectivity index (χ1) is 6.56. The van der Waals surface area contributed by atoms with E-state index in [9.17, 15) is 4.79 Å². The van der Waals surface area contributed by atoms with Crippen LogP contribution in [0.5, 0.6) is 0 Å². The molecule has 0 bridgehead atoms. The van der Waals surface area contributed by atoms with Crippen molar-refractivity contribution in [2.24, 2.45) is 7.05 Å². The van der Waals surface area contributed by atoms with E-state index >= 15 is 0 Å². The van der Waals surface area contributed by atoms with E-state index in [1.165, 1.54) is 0 Å². The van der Waals surface area contributed by atoms with E-state index in [2.05, 4.69) is 6.92 Å². The number of amides is 1. The van der Waals surface area contributed by atoms with E-state index in [1.807, 2.05) is 31.8 Å². The molecular formula is C10H18N3O+. The van der Waals surface area contributed by atoms with Crippen LogP contribution in [0.3, 0.4) is 0 Å². The largest absolute Gasteiger partial charge is 0.415 e. The lowest BCUT2D eigenvalue weighted by Gasteiger charge is -2.20. The smallest absolute Gasteiger partial charge is 0.305 e. The average molecular weight is 196 g/mol. The van der Waals surface area contributed by atoms with Crippen LogP contribution >= 0.6 is 0 Å². The van der Waals surface area contributed by atoms with Gasteiger partial charge in [-0.15, -0.1) is 0 Å². The molecule has 4 heteroatoms. The minimum atomic E-state index is 0.0138. The van der Waals surface area contributed by atoms with Crippen molar-refractivity contribution >= 4 is 6.03 Å². The standard InChI is InChI=1S/C10H18N3O/c1-5-9(2)12(4)10(14)13-7-6-11(3)8-13/h6-9H,5H2,1-4H3/q+1. The Morgan fingerprint density at radius 2 is 2.29 bits per heavy atom. The lowest BCUT2D eigenvalue weighted by atomic mass is 10.2. The van der Waals surface area contributed by atoms with Gasteiger partial charge in [-0.05, 0) is 13.3 Å². The Kier molecular flexibility index (Phi) is 3.28. The molecule has 0 aromatic carbocycles. The third kappa shape index (κ3) is 2.13. The van der Waals surface area contributed by atoms with Gasteiger partial charge in [0.2, 0.25) is 0 Å². The summed E-state index contributed by atoms with van der Waals surface area (Å²) < 4.78 is 3.44. The van der Waals surface area contributed by atoms with E-state index in [0.717, 1.165) is 6.42 Å². The molecule has 1 heterocycles. The minimum Gasteiger partial charge on any atom is -0.305 e. The van der Waals surface area contributed by atoms with E-state index in [1.54, 1.807) is 22.0 Å². The van der Waals surface area contributed by atoms with Crippen LogP contribution in [0.2, 0.25) is 0 Å². The Morgan fingerprint density at radius 3 is 2.71 bits per heavy atom. The third-order valence-corrected chi connectivity index (χ3v) is 2.54. The van der Waals surface area contributed by atoms with Crippen molar-refractivity contribution in [1.29, 1.82) is 0 Å². The Balaban J connectivity index is 2.75. The third-order valence-electron chi connectivity index (χ3n) is 2.54. The normalized spacial score (nSPS) is 12.6. The van der Waals surface area contributed by atoms with E-state index < -0.39 is 0 Å². The van der Waals surface area contributed by atoms with Crippen LogP contribution in [0, 0.1) is 0 Å². The summed E-state index contributed by atoms with van der Waals surface area (Å²) in [4.78, 5) is 13.6. The predicted octanol–water partition coefficient (Wildman–Crippen LogP) is 1.01. The molecule has 0 aliphatic rings. The Bertz CT molecular complexity index is 319. The van der Waals surface area contributed by atoms with Gasteiger partial charge in [0.1, 0.15) is 12.4 Å². The van der Waals surface area contributed by atoms with Gasteiger partial charge in [-0.25, -0.2) is 9.36 Å². The van der Waals surface area contributed by atoms with Crippen LogP contribution in [-0.2, 0) is 7.05 Å². The number of rotatable bonds is 2. The van der Waals surface area contributed by atoms with Gasteiger partial charge in [-0.2, -0.15) is 4.57 Å². The zero-order valence-corrected chi connectivity index (χ0v) is 9.27. The molecule has 1 aromatic rings. The fourth-order valence-corrected chi connectivity index (χ4v) is 1.21. The van der Waals surface area contributed by atoms with Gasteiger partial charge in [0.15, 0.2) is 0 Å². The second-order valence-corrected chi connectivity index (χ2v) is 3.64. The number of aromatic nitrogens is 2. The van der Waals surface area contributed by atoms with Crippen molar-refractivity contribution in [2.45, 2.75) is 26.3 Å². The highest BCUT2D eigenvalue weighted by molar-refractivity contribution is 5.76. The number of hydrogen-bond acceptors (Lipinski definition) is 1. The highest BCUT2D eigenvalue weighted by Gasteiger charge is 2.20. The summed E-state index contributed by atoms with van der Waals surface area (Å²) in [6, 6.07) is 0.287. The molecule has 0 fully saturated rings. The SMILES string of the molecule is CCC(C)N(C)C(=O)n1cc[n+](C)c1. The van der Waals surface area contributed by atoms with Gasteiger partial charge in [-0.1, -0.05) is 6.92 Å². The topological polar surface area (TPSA) is 29.1 Å². The van der Waals surface area contributed by atoms with Crippen LogP contribution < -0.4 is 4.57 Å². The Hall–Kier alpha value is -1.32. The van der Waals surface area contributed by atoms with Crippen molar-refractivity contribution in [3.05, 3.63) is 18.7 Å². The van der Waals surface area contributed by atoms with Crippen molar-refractivity contribution in [3.63, 3.8) is 0 Å². The minimum absolute atomic E-state index is 0.0138. The number of imidazole rings is 1. The maximum atomic E-state index is 11.8. The van der Waals surface area contributed by atoms with E-state index in [-0.39, 0.29) is 12.1 Å². The van der Waals surface area contributed by atoms with Crippen LogP contribution in [0.1, 0.15) is 20.3 Å². The first-order valence-electron chi connectivity index (χ1n) is 4.86. The van der Waals surface area contributed by atoms with Crippen LogP contribution in [0.25, 0.3) is 0 Å². The molecule has 0 radical (unpaired) electrons. The number of nitrogens with zero attached hydrogens (tertiary/aromatic N) is 3. The predicted molar refractivity (Wildman–Crippen MR) is 53.9 cm³/mol. The fraction of sp³-hybridized carbons (Fsp3) is 0.600. The van der Waals surface area contributed by atoms with E-state index in [0.29, 0.717) is 0 Å². The Morgan fingerprint density at radius 1 is 1.64 bits per heavy atom. The molecule has 0 saturated heterocycles. The molecule has 1 aromatic heterocycles. The summed E-state index contributed by atoms with van der Waals surface area (Å²) in [5.74, 6) is 0. The molecule has 1 unspecified atom stereocenters. The Labute approximate surface area is 84.8 Å². The number of carbonyl (C=O) groups is 1. The lowest BCUT2D eigenvalue weighted by molar-refractivity contribution is -0.670.